The number of hydrogen-bond donors (Lipinski definition) is 1. The molecule has 2 rings (SSSR count). The first-order valence-electron chi connectivity index (χ1n) is 12.4. The number of carbonyl (C=O) groups excluding carboxylic acids is 5. The molecule has 0 saturated carbocycles. The quantitative estimate of drug-likeness (QED) is 0.0704. The lowest BCUT2D eigenvalue weighted by Crippen LogP contribution is -2.70. The maximum absolute atomic E-state index is 13.7. The van der Waals surface area contributed by atoms with E-state index in [-0.39, 0.29) is 25.9 Å². The number of nitrogens with one attached hydrogen (secondary N) is 1. The first-order chi connectivity index (χ1) is 19.6. The number of esters is 4. The van der Waals surface area contributed by atoms with Crippen LogP contribution in [0.25, 0.3) is 0 Å². The molecule has 1 aliphatic heterocycles. The minimum absolute atomic E-state index is 0.0469. The van der Waals surface area contributed by atoms with Crippen LogP contribution in [0.4, 0.5) is 22.0 Å². The second-order valence-electron chi connectivity index (χ2n) is 9.01. The van der Waals surface area contributed by atoms with Crippen molar-refractivity contribution < 1.29 is 74.3 Å². The Bertz CT molecular complexity index is 1180. The van der Waals surface area contributed by atoms with Crippen LogP contribution < -0.4 is 10.1 Å². The summed E-state index contributed by atoms with van der Waals surface area (Å²) in [5, 5.41) is 2.41. The number of unbranched alkanes of at least 4 members (excludes halogenated alkanes) is 1. The molecule has 1 fully saturated rings. The molecule has 1 aromatic carbocycles. The molecule has 0 bridgehead atoms. The molecule has 0 spiro atoms. The highest BCUT2D eigenvalue weighted by molar-refractivity contribution is 5.74. The van der Waals surface area contributed by atoms with E-state index in [4.69, 9.17) is 23.7 Å². The van der Waals surface area contributed by atoms with Crippen LogP contribution in [0.2, 0.25) is 0 Å². The summed E-state index contributed by atoms with van der Waals surface area (Å²) in [6.07, 6.45) is -4.70. The fourth-order valence-corrected chi connectivity index (χ4v) is 3.92. The van der Waals surface area contributed by atoms with Crippen LogP contribution in [-0.4, -0.2) is 67.2 Å². The normalized spacial score (nSPS) is 21.7. The lowest BCUT2D eigenvalue weighted by atomic mass is 9.94. The van der Waals surface area contributed by atoms with E-state index in [1.165, 1.54) is 0 Å². The van der Waals surface area contributed by atoms with Gasteiger partial charge in [-0.25, -0.2) is 13.2 Å². The molecule has 4 atom stereocenters. The third kappa shape index (κ3) is 9.07. The average Bonchev–Trinajstić information content (AvgIpc) is 2.88. The SMILES string of the molecule is CC(=O)NC1(COC(C)=O)OC(OCCCCC(=O)Oc2c(F)c(F)c(F)c(F)c2F)CC(OC(C)=O)C1OC(C)=O. The van der Waals surface area contributed by atoms with Gasteiger partial charge in [0.1, 0.15) is 12.7 Å². The zero-order valence-corrected chi connectivity index (χ0v) is 22.9. The molecule has 1 saturated heterocycles. The summed E-state index contributed by atoms with van der Waals surface area (Å²) in [5.74, 6) is -17.7. The Morgan fingerprint density at radius 3 is 1.93 bits per heavy atom. The predicted octanol–water partition coefficient (Wildman–Crippen LogP) is 2.48. The highest BCUT2D eigenvalue weighted by atomic mass is 19.2. The van der Waals surface area contributed by atoms with E-state index in [0.717, 1.165) is 27.7 Å². The van der Waals surface area contributed by atoms with Gasteiger partial charge in [0.2, 0.25) is 46.5 Å². The smallest absolute Gasteiger partial charge is 0.311 e. The highest BCUT2D eigenvalue weighted by Gasteiger charge is 2.56. The summed E-state index contributed by atoms with van der Waals surface area (Å²) < 4.78 is 98.5. The van der Waals surface area contributed by atoms with Crippen LogP contribution in [0.15, 0.2) is 0 Å². The van der Waals surface area contributed by atoms with Crippen LogP contribution in [0.1, 0.15) is 53.4 Å². The first kappa shape index (κ1) is 34.3. The highest BCUT2D eigenvalue weighted by Crippen LogP contribution is 2.34. The Morgan fingerprint density at radius 1 is 0.833 bits per heavy atom. The van der Waals surface area contributed by atoms with Gasteiger partial charge >= 0.3 is 23.9 Å². The van der Waals surface area contributed by atoms with Crippen LogP contribution in [0.3, 0.4) is 0 Å². The zero-order valence-electron chi connectivity index (χ0n) is 22.9. The summed E-state index contributed by atoms with van der Waals surface area (Å²) >= 11 is 0. The Hall–Kier alpha value is -3.86. The third-order valence-electron chi connectivity index (χ3n) is 5.52. The average molecular weight is 613 g/mol. The van der Waals surface area contributed by atoms with Gasteiger partial charge in [-0.15, -0.1) is 0 Å². The van der Waals surface area contributed by atoms with Crippen molar-refractivity contribution in [1.82, 2.24) is 5.32 Å². The topological polar surface area (TPSA) is 153 Å². The molecule has 0 aromatic heterocycles. The second kappa shape index (κ2) is 14.9. The number of ether oxygens (including phenoxy) is 6. The van der Waals surface area contributed by atoms with Crippen molar-refractivity contribution in [3.05, 3.63) is 29.1 Å². The van der Waals surface area contributed by atoms with Crippen molar-refractivity contribution in [3.63, 3.8) is 0 Å². The Labute approximate surface area is 235 Å². The van der Waals surface area contributed by atoms with E-state index >= 15 is 0 Å². The molecule has 4 unspecified atom stereocenters. The van der Waals surface area contributed by atoms with Gasteiger partial charge in [-0.2, -0.15) is 8.78 Å². The fraction of sp³-hybridized carbons (Fsp3) is 0.560. The zero-order chi connectivity index (χ0) is 31.8. The van der Waals surface area contributed by atoms with E-state index in [2.05, 4.69) is 10.1 Å². The van der Waals surface area contributed by atoms with E-state index in [1.807, 2.05) is 0 Å². The lowest BCUT2D eigenvalue weighted by Gasteiger charge is -2.47. The molecule has 12 nitrogen and oxygen atoms in total. The minimum Gasteiger partial charge on any atom is -0.461 e. The molecule has 234 valence electrons. The van der Waals surface area contributed by atoms with Gasteiger partial charge in [-0.05, 0) is 12.8 Å². The fourth-order valence-electron chi connectivity index (χ4n) is 3.92. The van der Waals surface area contributed by atoms with Gasteiger partial charge in [0.05, 0.1) is 0 Å². The summed E-state index contributed by atoms with van der Waals surface area (Å²) in [6, 6.07) is 0. The molecule has 1 N–H and O–H groups in total. The van der Waals surface area contributed by atoms with E-state index < -0.39 is 102 Å². The van der Waals surface area contributed by atoms with Gasteiger partial charge in [0.25, 0.3) is 0 Å². The maximum atomic E-state index is 13.7. The van der Waals surface area contributed by atoms with Crippen molar-refractivity contribution in [1.29, 1.82) is 0 Å². The number of halogens is 5. The molecule has 17 heteroatoms. The standard InChI is InChI=1S/C25H28F5NO11/c1-11(32)31-25(10-38-12(2)33)24(40-14(4)35)15(39-13(3)34)9-17(42-25)37-8-6-5-7-16(36)41-23-21(29)19(27)18(26)20(28)22(23)30/h15,17,24H,5-10H2,1-4H3,(H,31,32). The first-order valence-corrected chi connectivity index (χ1v) is 12.4. The van der Waals surface area contributed by atoms with Crippen LogP contribution >= 0.6 is 0 Å². The molecule has 1 aromatic rings. The maximum Gasteiger partial charge on any atom is 0.311 e. The summed E-state index contributed by atoms with van der Waals surface area (Å²) in [7, 11) is 0. The van der Waals surface area contributed by atoms with Crippen molar-refractivity contribution in [3.8, 4) is 5.75 Å². The van der Waals surface area contributed by atoms with E-state index in [0.29, 0.717) is 0 Å². The molecular weight excluding hydrogens is 585 g/mol. The molecule has 1 heterocycles. The number of hydrogen-bond acceptors (Lipinski definition) is 11. The monoisotopic (exact) mass is 613 g/mol. The predicted molar refractivity (Wildman–Crippen MR) is 125 cm³/mol. The molecule has 0 radical (unpaired) electrons. The van der Waals surface area contributed by atoms with Gasteiger partial charge < -0.3 is 33.7 Å². The largest absolute Gasteiger partial charge is 0.461 e. The van der Waals surface area contributed by atoms with Crippen LogP contribution in [-0.2, 0) is 47.7 Å². The summed E-state index contributed by atoms with van der Waals surface area (Å²) in [6.45, 7) is 3.44. The number of amides is 1. The van der Waals surface area contributed by atoms with Crippen molar-refractivity contribution in [2.45, 2.75) is 77.6 Å². The van der Waals surface area contributed by atoms with Gasteiger partial charge in [-0.3, -0.25) is 24.0 Å². The van der Waals surface area contributed by atoms with E-state index in [9.17, 15) is 45.9 Å². The van der Waals surface area contributed by atoms with Crippen LogP contribution in [0.5, 0.6) is 5.75 Å². The van der Waals surface area contributed by atoms with Crippen molar-refractivity contribution in [2.24, 2.45) is 0 Å². The minimum atomic E-state index is -2.41. The van der Waals surface area contributed by atoms with E-state index in [1.54, 1.807) is 0 Å². The Morgan fingerprint density at radius 2 is 1.40 bits per heavy atom. The van der Waals surface area contributed by atoms with Gasteiger partial charge in [0.15, 0.2) is 12.4 Å². The molecule has 42 heavy (non-hydrogen) atoms. The molecule has 1 amide bonds. The molecular formula is C25H28F5NO11. The molecule has 0 aliphatic carbocycles. The lowest BCUT2D eigenvalue weighted by molar-refractivity contribution is -0.314. The Kier molecular flexibility index (Phi) is 12.1. The number of rotatable bonds is 12. The second-order valence-corrected chi connectivity index (χ2v) is 9.01. The van der Waals surface area contributed by atoms with Crippen molar-refractivity contribution >= 4 is 29.8 Å². The molecule has 1 aliphatic rings. The van der Waals surface area contributed by atoms with Crippen molar-refractivity contribution in [2.75, 3.05) is 13.2 Å². The third-order valence-corrected chi connectivity index (χ3v) is 5.52. The summed E-state index contributed by atoms with van der Waals surface area (Å²) in [5.41, 5.74) is -2.05. The number of benzene rings is 1. The van der Waals surface area contributed by atoms with Crippen LogP contribution in [0, 0.1) is 29.1 Å². The van der Waals surface area contributed by atoms with Gasteiger partial charge in [0, 0.05) is 47.1 Å². The van der Waals surface area contributed by atoms with Gasteiger partial charge in [-0.1, -0.05) is 0 Å². The summed E-state index contributed by atoms with van der Waals surface area (Å²) in [4.78, 5) is 59.1. The number of carbonyl (C=O) groups is 5. The Balaban J connectivity index is 2.09.